The number of piperidine rings is 1. The number of nitrogens with zero attached hydrogens (tertiary/aromatic N) is 3. The fourth-order valence-electron chi connectivity index (χ4n) is 2.36. The van der Waals surface area contributed by atoms with Crippen LogP contribution in [-0.4, -0.2) is 63.4 Å². The van der Waals surface area contributed by atoms with Gasteiger partial charge in [0.05, 0.1) is 0 Å². The molecule has 1 N–H and O–H groups in total. The molecule has 118 valence electrons. The Balaban J connectivity index is 1.91. The zero-order valence-electron chi connectivity index (χ0n) is 12.9. The summed E-state index contributed by atoms with van der Waals surface area (Å²) in [7, 11) is 1.78. The first kappa shape index (κ1) is 16.2. The van der Waals surface area contributed by atoms with Crippen LogP contribution in [0.25, 0.3) is 0 Å². The maximum absolute atomic E-state index is 11.9. The van der Waals surface area contributed by atoms with Crippen molar-refractivity contribution in [3.63, 3.8) is 0 Å². The molecule has 1 aromatic rings. The maximum atomic E-state index is 11.9. The average Bonchev–Trinajstić information content (AvgIpc) is 2.47. The number of sulfonamides is 1. The molecule has 7 heteroatoms. The lowest BCUT2D eigenvalue weighted by atomic mass is 9.97. The van der Waals surface area contributed by atoms with Gasteiger partial charge in [0.15, 0.2) is 0 Å². The number of rotatable bonds is 5. The highest BCUT2D eigenvalue weighted by Crippen LogP contribution is 2.18. The molecule has 2 rings (SSSR count). The van der Waals surface area contributed by atoms with Gasteiger partial charge in [0.2, 0.25) is 10.0 Å². The van der Waals surface area contributed by atoms with Gasteiger partial charge in [-0.05, 0) is 51.0 Å². The Bertz CT molecular complexity index is 549. The van der Waals surface area contributed by atoms with Gasteiger partial charge in [0.25, 0.3) is 0 Å². The maximum Gasteiger partial charge on any atom is 0.244 e. The summed E-state index contributed by atoms with van der Waals surface area (Å²) < 4.78 is 25.1. The molecule has 6 nitrogen and oxygen atoms in total. The lowest BCUT2D eigenvalue weighted by Gasteiger charge is -2.29. The van der Waals surface area contributed by atoms with Crippen LogP contribution in [0.5, 0.6) is 0 Å². The van der Waals surface area contributed by atoms with Gasteiger partial charge in [-0.2, -0.15) is 0 Å². The Labute approximate surface area is 127 Å². The average molecular weight is 312 g/mol. The molecule has 0 unspecified atom stereocenters. The third-order valence-electron chi connectivity index (χ3n) is 3.92. The lowest BCUT2D eigenvalue weighted by molar-refractivity contribution is 0.226. The van der Waals surface area contributed by atoms with E-state index < -0.39 is 10.0 Å². The second kappa shape index (κ2) is 6.72. The largest absolute Gasteiger partial charge is 0.370 e. The molecule has 1 aliphatic rings. The molecule has 2 heterocycles. The fourth-order valence-corrected chi connectivity index (χ4v) is 3.21. The molecule has 0 saturated carbocycles. The summed E-state index contributed by atoms with van der Waals surface area (Å²) in [4.78, 5) is 6.76. The molecule has 0 amide bonds. The van der Waals surface area contributed by atoms with E-state index in [0.717, 1.165) is 25.5 Å². The molecule has 0 aliphatic carbocycles. The molecule has 1 aromatic heterocycles. The molecule has 0 aromatic carbocycles. The minimum Gasteiger partial charge on any atom is -0.370 e. The van der Waals surface area contributed by atoms with Gasteiger partial charge in [0, 0.05) is 26.8 Å². The molecular weight excluding hydrogens is 288 g/mol. The van der Waals surface area contributed by atoms with Gasteiger partial charge in [-0.15, -0.1) is 0 Å². The molecule has 0 bridgehead atoms. The van der Waals surface area contributed by atoms with Crippen molar-refractivity contribution in [1.82, 2.24) is 14.2 Å². The number of likely N-dealkylation sites (tertiary alicyclic amines) is 1. The first-order valence-electron chi connectivity index (χ1n) is 7.20. The van der Waals surface area contributed by atoms with E-state index in [1.54, 1.807) is 12.1 Å². The Morgan fingerprint density at radius 1 is 1.33 bits per heavy atom. The van der Waals surface area contributed by atoms with E-state index in [2.05, 4.69) is 22.2 Å². The van der Waals surface area contributed by atoms with Crippen molar-refractivity contribution in [2.24, 2.45) is 5.92 Å². The lowest BCUT2D eigenvalue weighted by Crippen LogP contribution is -2.33. The number of aromatic nitrogens is 1. The summed E-state index contributed by atoms with van der Waals surface area (Å²) in [6.45, 7) is 3.17. The minimum atomic E-state index is -3.40. The van der Waals surface area contributed by atoms with Gasteiger partial charge in [-0.25, -0.2) is 17.7 Å². The number of hydrogen-bond donors (Lipinski definition) is 1. The normalized spacial score (nSPS) is 18.1. The first-order chi connectivity index (χ1) is 9.89. The number of anilines is 1. The molecule has 1 saturated heterocycles. The predicted molar refractivity (Wildman–Crippen MR) is 83.8 cm³/mol. The topological polar surface area (TPSA) is 65.5 Å². The van der Waals surface area contributed by atoms with Crippen molar-refractivity contribution in [3.05, 3.63) is 18.3 Å². The number of nitrogens with one attached hydrogen (secondary N) is 1. The predicted octanol–water partition coefficient (Wildman–Crippen LogP) is 1.09. The number of pyridine rings is 1. The van der Waals surface area contributed by atoms with Crippen LogP contribution in [0.4, 0.5) is 5.82 Å². The van der Waals surface area contributed by atoms with E-state index in [-0.39, 0.29) is 4.90 Å². The molecule has 0 spiro atoms. The zero-order chi connectivity index (χ0) is 15.5. The molecule has 0 radical (unpaired) electrons. The van der Waals surface area contributed by atoms with Crippen LogP contribution in [0.2, 0.25) is 0 Å². The van der Waals surface area contributed by atoms with Crippen molar-refractivity contribution >= 4 is 15.8 Å². The molecule has 21 heavy (non-hydrogen) atoms. The SMILES string of the molecule is CN1CCC(CNc2ccc(S(=O)(=O)N(C)C)cn2)CC1. The second-order valence-electron chi connectivity index (χ2n) is 5.79. The van der Waals surface area contributed by atoms with Crippen molar-refractivity contribution in [2.45, 2.75) is 17.7 Å². The minimum absolute atomic E-state index is 0.220. The second-order valence-corrected chi connectivity index (χ2v) is 7.95. The van der Waals surface area contributed by atoms with Gasteiger partial charge in [-0.3, -0.25) is 0 Å². The van der Waals surface area contributed by atoms with Crippen LogP contribution < -0.4 is 5.32 Å². The summed E-state index contributed by atoms with van der Waals surface area (Å²) in [6, 6.07) is 3.32. The Hall–Kier alpha value is -1.18. The highest BCUT2D eigenvalue weighted by atomic mass is 32.2. The Morgan fingerprint density at radius 3 is 2.52 bits per heavy atom. The monoisotopic (exact) mass is 312 g/mol. The van der Waals surface area contributed by atoms with Crippen LogP contribution in [0, 0.1) is 5.92 Å². The zero-order valence-corrected chi connectivity index (χ0v) is 13.7. The van der Waals surface area contributed by atoms with Gasteiger partial charge >= 0.3 is 0 Å². The van der Waals surface area contributed by atoms with E-state index in [4.69, 9.17) is 0 Å². The third kappa shape index (κ3) is 4.15. The van der Waals surface area contributed by atoms with Crippen LogP contribution >= 0.6 is 0 Å². The highest BCUT2D eigenvalue weighted by molar-refractivity contribution is 7.89. The van der Waals surface area contributed by atoms with E-state index in [1.165, 1.54) is 37.4 Å². The van der Waals surface area contributed by atoms with Crippen LogP contribution in [0.3, 0.4) is 0 Å². The van der Waals surface area contributed by atoms with Crippen molar-refractivity contribution in [2.75, 3.05) is 46.1 Å². The highest BCUT2D eigenvalue weighted by Gasteiger charge is 2.18. The van der Waals surface area contributed by atoms with Crippen LogP contribution in [-0.2, 0) is 10.0 Å². The molecule has 1 fully saturated rings. The summed E-state index contributed by atoms with van der Waals surface area (Å²) in [5.41, 5.74) is 0. The van der Waals surface area contributed by atoms with E-state index in [0.29, 0.717) is 5.92 Å². The summed E-state index contributed by atoms with van der Waals surface area (Å²) in [5.74, 6) is 1.39. The van der Waals surface area contributed by atoms with Crippen LogP contribution in [0.1, 0.15) is 12.8 Å². The van der Waals surface area contributed by atoms with Crippen LogP contribution in [0.15, 0.2) is 23.2 Å². The number of hydrogen-bond acceptors (Lipinski definition) is 5. The van der Waals surface area contributed by atoms with E-state index in [1.807, 2.05) is 0 Å². The van der Waals surface area contributed by atoms with E-state index >= 15 is 0 Å². The standard InChI is InChI=1S/C14H24N4O2S/c1-17(2)21(19,20)13-4-5-14(16-11-13)15-10-12-6-8-18(3)9-7-12/h4-5,11-12H,6-10H2,1-3H3,(H,15,16). The molecule has 1 aliphatic heterocycles. The Kier molecular flexibility index (Phi) is 5.18. The van der Waals surface area contributed by atoms with Gasteiger partial charge < -0.3 is 10.2 Å². The summed E-state index contributed by atoms with van der Waals surface area (Å²) >= 11 is 0. The van der Waals surface area contributed by atoms with E-state index in [9.17, 15) is 8.42 Å². The molecule has 0 atom stereocenters. The first-order valence-corrected chi connectivity index (χ1v) is 8.64. The van der Waals surface area contributed by atoms with Crippen molar-refractivity contribution < 1.29 is 8.42 Å². The summed E-state index contributed by atoms with van der Waals surface area (Å²) in [6.07, 6.45) is 3.79. The smallest absolute Gasteiger partial charge is 0.244 e. The Morgan fingerprint density at radius 2 is 2.00 bits per heavy atom. The van der Waals surface area contributed by atoms with Gasteiger partial charge in [-0.1, -0.05) is 0 Å². The third-order valence-corrected chi connectivity index (χ3v) is 5.72. The quantitative estimate of drug-likeness (QED) is 0.881. The van der Waals surface area contributed by atoms with Crippen molar-refractivity contribution in [3.8, 4) is 0 Å². The van der Waals surface area contributed by atoms with Crippen molar-refractivity contribution in [1.29, 1.82) is 0 Å². The van der Waals surface area contributed by atoms with Gasteiger partial charge in [0.1, 0.15) is 10.7 Å². The fraction of sp³-hybridized carbons (Fsp3) is 0.643. The molecular formula is C14H24N4O2S. The summed E-state index contributed by atoms with van der Waals surface area (Å²) in [5, 5.41) is 3.30.